The third-order valence-corrected chi connectivity index (χ3v) is 2.36. The molecule has 0 fully saturated rings. The molecule has 1 aromatic rings. The van der Waals surface area contributed by atoms with Crippen LogP contribution in [0.15, 0.2) is 24.3 Å². The summed E-state index contributed by atoms with van der Waals surface area (Å²) in [6.45, 7) is 6.39. The van der Waals surface area contributed by atoms with Crippen molar-refractivity contribution in [3.63, 3.8) is 0 Å². The van der Waals surface area contributed by atoms with Crippen LogP contribution in [-0.2, 0) is 11.2 Å². The number of rotatable bonds is 3. The molecule has 1 aromatic carbocycles. The standard InChI is InChI=1S/C13H20N2O/c1-13(2,3)12(16)15-9-8-10-4-6-11(14)7-5-10/h4-7H,8-9,14H2,1-3H3,(H,15,16). The zero-order valence-corrected chi connectivity index (χ0v) is 10.2. The van der Waals surface area contributed by atoms with Gasteiger partial charge in [0, 0.05) is 17.6 Å². The van der Waals surface area contributed by atoms with Gasteiger partial charge in [0.2, 0.25) is 5.91 Å². The Balaban J connectivity index is 2.36. The molecule has 0 radical (unpaired) electrons. The number of nitrogens with two attached hydrogens (primary N) is 1. The van der Waals surface area contributed by atoms with Crippen LogP contribution in [0.2, 0.25) is 0 Å². The van der Waals surface area contributed by atoms with Crippen molar-refractivity contribution in [2.75, 3.05) is 12.3 Å². The van der Waals surface area contributed by atoms with E-state index in [9.17, 15) is 4.79 Å². The number of hydrogen-bond donors (Lipinski definition) is 2. The summed E-state index contributed by atoms with van der Waals surface area (Å²) in [5.74, 6) is 0.0861. The van der Waals surface area contributed by atoms with Gasteiger partial charge in [0.05, 0.1) is 0 Å². The molecular formula is C13H20N2O. The second kappa shape index (κ2) is 5.01. The fraction of sp³-hybridized carbons (Fsp3) is 0.462. The van der Waals surface area contributed by atoms with Crippen LogP contribution in [-0.4, -0.2) is 12.5 Å². The van der Waals surface area contributed by atoms with Gasteiger partial charge in [0.25, 0.3) is 0 Å². The van der Waals surface area contributed by atoms with Crippen LogP contribution in [0.3, 0.4) is 0 Å². The average Bonchev–Trinajstić information content (AvgIpc) is 2.19. The van der Waals surface area contributed by atoms with Gasteiger partial charge in [-0.25, -0.2) is 0 Å². The van der Waals surface area contributed by atoms with Gasteiger partial charge in [-0.05, 0) is 24.1 Å². The van der Waals surface area contributed by atoms with E-state index in [2.05, 4.69) is 5.32 Å². The van der Waals surface area contributed by atoms with Crippen molar-refractivity contribution < 1.29 is 4.79 Å². The molecule has 0 bridgehead atoms. The van der Waals surface area contributed by atoms with E-state index in [-0.39, 0.29) is 11.3 Å². The maximum atomic E-state index is 11.6. The quantitative estimate of drug-likeness (QED) is 0.765. The van der Waals surface area contributed by atoms with Crippen LogP contribution in [0, 0.1) is 5.41 Å². The molecule has 88 valence electrons. The highest BCUT2D eigenvalue weighted by Crippen LogP contribution is 2.12. The predicted molar refractivity (Wildman–Crippen MR) is 67.0 cm³/mol. The molecule has 0 saturated heterocycles. The molecule has 0 heterocycles. The number of nitrogens with one attached hydrogen (secondary N) is 1. The maximum absolute atomic E-state index is 11.6. The molecule has 0 spiro atoms. The topological polar surface area (TPSA) is 55.1 Å². The molecule has 3 N–H and O–H groups in total. The zero-order valence-electron chi connectivity index (χ0n) is 10.2. The van der Waals surface area contributed by atoms with Crippen molar-refractivity contribution in [2.24, 2.45) is 5.41 Å². The Bertz CT molecular complexity index is 349. The lowest BCUT2D eigenvalue weighted by atomic mass is 9.95. The Morgan fingerprint density at radius 2 is 1.81 bits per heavy atom. The van der Waals surface area contributed by atoms with E-state index in [1.165, 1.54) is 5.56 Å². The second-order valence-corrected chi connectivity index (χ2v) is 5.00. The first kappa shape index (κ1) is 12.6. The summed E-state index contributed by atoms with van der Waals surface area (Å²) in [5.41, 5.74) is 7.22. The minimum absolute atomic E-state index is 0.0861. The van der Waals surface area contributed by atoms with Crippen LogP contribution < -0.4 is 11.1 Å². The molecule has 0 aliphatic heterocycles. The van der Waals surface area contributed by atoms with Gasteiger partial charge in [-0.1, -0.05) is 32.9 Å². The maximum Gasteiger partial charge on any atom is 0.225 e. The molecule has 3 heteroatoms. The summed E-state index contributed by atoms with van der Waals surface area (Å²) in [6, 6.07) is 7.72. The van der Waals surface area contributed by atoms with Gasteiger partial charge in [0.1, 0.15) is 0 Å². The molecule has 0 aliphatic rings. The molecule has 0 aromatic heterocycles. The van der Waals surface area contributed by atoms with E-state index in [4.69, 9.17) is 5.73 Å². The normalized spacial score (nSPS) is 11.2. The molecular weight excluding hydrogens is 200 g/mol. The summed E-state index contributed by atoms with van der Waals surface area (Å²) in [7, 11) is 0. The second-order valence-electron chi connectivity index (χ2n) is 5.00. The summed E-state index contributed by atoms with van der Waals surface area (Å²) in [6.07, 6.45) is 0.835. The first-order valence-corrected chi connectivity index (χ1v) is 5.52. The van der Waals surface area contributed by atoms with E-state index in [1.54, 1.807) is 0 Å². The highest BCUT2D eigenvalue weighted by atomic mass is 16.2. The molecule has 0 unspecified atom stereocenters. The lowest BCUT2D eigenvalue weighted by Gasteiger charge is -2.17. The van der Waals surface area contributed by atoms with Gasteiger partial charge in [-0.2, -0.15) is 0 Å². The molecule has 0 saturated carbocycles. The molecule has 16 heavy (non-hydrogen) atoms. The first-order valence-electron chi connectivity index (χ1n) is 5.52. The van der Waals surface area contributed by atoms with E-state index in [1.807, 2.05) is 45.0 Å². The van der Waals surface area contributed by atoms with Crippen molar-refractivity contribution in [3.8, 4) is 0 Å². The Morgan fingerprint density at radius 1 is 1.25 bits per heavy atom. The third-order valence-electron chi connectivity index (χ3n) is 2.36. The number of benzene rings is 1. The largest absolute Gasteiger partial charge is 0.399 e. The van der Waals surface area contributed by atoms with Gasteiger partial charge in [-0.3, -0.25) is 4.79 Å². The highest BCUT2D eigenvalue weighted by Gasteiger charge is 2.20. The Kier molecular flexibility index (Phi) is 3.93. The van der Waals surface area contributed by atoms with Crippen LogP contribution in [0.5, 0.6) is 0 Å². The summed E-state index contributed by atoms with van der Waals surface area (Å²) < 4.78 is 0. The molecule has 1 amide bonds. The zero-order chi connectivity index (χ0) is 12.2. The van der Waals surface area contributed by atoms with E-state index in [0.717, 1.165) is 12.1 Å². The minimum Gasteiger partial charge on any atom is -0.399 e. The van der Waals surface area contributed by atoms with Crippen LogP contribution in [0.25, 0.3) is 0 Å². The summed E-state index contributed by atoms with van der Waals surface area (Å²) >= 11 is 0. The van der Waals surface area contributed by atoms with Crippen LogP contribution >= 0.6 is 0 Å². The fourth-order valence-electron chi connectivity index (χ4n) is 1.27. The first-order chi connectivity index (χ1) is 7.39. The van der Waals surface area contributed by atoms with Crippen molar-refractivity contribution >= 4 is 11.6 Å². The van der Waals surface area contributed by atoms with E-state index in [0.29, 0.717) is 6.54 Å². The van der Waals surface area contributed by atoms with Gasteiger partial charge in [-0.15, -0.1) is 0 Å². The van der Waals surface area contributed by atoms with Gasteiger partial charge < -0.3 is 11.1 Å². The molecule has 3 nitrogen and oxygen atoms in total. The SMILES string of the molecule is CC(C)(C)C(=O)NCCc1ccc(N)cc1. The highest BCUT2D eigenvalue weighted by molar-refractivity contribution is 5.81. The fourth-order valence-corrected chi connectivity index (χ4v) is 1.27. The summed E-state index contributed by atoms with van der Waals surface area (Å²) in [5, 5.41) is 2.92. The minimum atomic E-state index is -0.318. The number of amides is 1. The number of nitrogen functional groups attached to an aromatic ring is 1. The number of hydrogen-bond acceptors (Lipinski definition) is 2. The predicted octanol–water partition coefficient (Wildman–Crippen LogP) is 1.97. The third kappa shape index (κ3) is 3.93. The van der Waals surface area contributed by atoms with Gasteiger partial charge >= 0.3 is 0 Å². The van der Waals surface area contributed by atoms with Crippen molar-refractivity contribution in [1.82, 2.24) is 5.32 Å². The molecule has 1 rings (SSSR count). The Hall–Kier alpha value is -1.51. The van der Waals surface area contributed by atoms with E-state index >= 15 is 0 Å². The lowest BCUT2D eigenvalue weighted by Crippen LogP contribution is -2.35. The summed E-state index contributed by atoms with van der Waals surface area (Å²) in [4.78, 5) is 11.6. The van der Waals surface area contributed by atoms with Crippen molar-refractivity contribution in [3.05, 3.63) is 29.8 Å². The average molecular weight is 220 g/mol. The van der Waals surface area contributed by atoms with Crippen LogP contribution in [0.4, 0.5) is 5.69 Å². The monoisotopic (exact) mass is 220 g/mol. The Labute approximate surface area is 97.0 Å². The number of anilines is 1. The van der Waals surface area contributed by atoms with Gasteiger partial charge in [0.15, 0.2) is 0 Å². The number of carbonyl (C=O) groups is 1. The Morgan fingerprint density at radius 3 is 2.31 bits per heavy atom. The van der Waals surface area contributed by atoms with Crippen molar-refractivity contribution in [2.45, 2.75) is 27.2 Å². The van der Waals surface area contributed by atoms with Crippen molar-refractivity contribution in [1.29, 1.82) is 0 Å². The molecule has 0 aliphatic carbocycles. The lowest BCUT2D eigenvalue weighted by molar-refractivity contribution is -0.128. The molecule has 0 atom stereocenters. The number of carbonyl (C=O) groups excluding carboxylic acids is 1. The van der Waals surface area contributed by atoms with E-state index < -0.39 is 0 Å². The smallest absolute Gasteiger partial charge is 0.225 e. The van der Waals surface area contributed by atoms with Crippen LogP contribution in [0.1, 0.15) is 26.3 Å².